The van der Waals surface area contributed by atoms with E-state index in [1.165, 1.54) is 12.1 Å². The molecule has 29 heavy (non-hydrogen) atoms. The zero-order valence-electron chi connectivity index (χ0n) is 16.3. The molecule has 1 aliphatic heterocycles. The summed E-state index contributed by atoms with van der Waals surface area (Å²) in [5.41, 5.74) is 2.16. The zero-order chi connectivity index (χ0) is 21.0. The summed E-state index contributed by atoms with van der Waals surface area (Å²) in [6, 6.07) is 13.3. The standard InChI is InChI=1S/C21H23F2N3O3/c1-14-11-19(27)24-17-5-3-4-6-18(17)26(14)20(28)13-25(2)12-15-7-9-16(10-8-15)29-21(22)23/h3-10,14,21H,11-13H2,1-2H3,(H,24,27). The van der Waals surface area contributed by atoms with Crippen LogP contribution >= 0.6 is 0 Å². The van der Waals surface area contributed by atoms with Crippen LogP contribution < -0.4 is 15.0 Å². The molecule has 0 spiro atoms. The van der Waals surface area contributed by atoms with Crippen molar-refractivity contribution in [2.75, 3.05) is 23.8 Å². The third kappa shape index (κ3) is 5.29. The molecule has 0 bridgehead atoms. The van der Waals surface area contributed by atoms with Crippen LogP contribution in [0.25, 0.3) is 0 Å². The first kappa shape index (κ1) is 20.7. The van der Waals surface area contributed by atoms with Gasteiger partial charge in [-0.15, -0.1) is 0 Å². The van der Waals surface area contributed by atoms with Gasteiger partial charge in [-0.1, -0.05) is 24.3 Å². The van der Waals surface area contributed by atoms with Crippen LogP contribution in [0.4, 0.5) is 20.2 Å². The third-order valence-corrected chi connectivity index (χ3v) is 4.63. The molecule has 1 N–H and O–H groups in total. The molecule has 0 radical (unpaired) electrons. The third-order valence-electron chi connectivity index (χ3n) is 4.63. The van der Waals surface area contributed by atoms with Crippen LogP contribution in [0.5, 0.6) is 5.75 Å². The number of anilines is 2. The summed E-state index contributed by atoms with van der Waals surface area (Å²) < 4.78 is 28.8. The van der Waals surface area contributed by atoms with Gasteiger partial charge in [0, 0.05) is 19.0 Å². The zero-order valence-corrected chi connectivity index (χ0v) is 16.3. The number of carbonyl (C=O) groups is 2. The number of hydrogen-bond donors (Lipinski definition) is 1. The van der Waals surface area contributed by atoms with Crippen molar-refractivity contribution in [1.82, 2.24) is 4.90 Å². The number of halogens is 2. The number of rotatable bonds is 6. The number of nitrogens with zero attached hydrogens (tertiary/aromatic N) is 2. The van der Waals surface area contributed by atoms with Crippen LogP contribution in [-0.2, 0) is 16.1 Å². The molecule has 1 atom stereocenters. The molecule has 0 aromatic heterocycles. The Morgan fingerprint density at radius 3 is 2.62 bits per heavy atom. The summed E-state index contributed by atoms with van der Waals surface area (Å²) in [5.74, 6) is -0.157. The second kappa shape index (κ2) is 9.00. The number of fused-ring (bicyclic) bond motifs is 1. The predicted molar refractivity (Wildman–Crippen MR) is 106 cm³/mol. The van der Waals surface area contributed by atoms with E-state index in [0.29, 0.717) is 17.9 Å². The second-order valence-corrected chi connectivity index (χ2v) is 7.08. The largest absolute Gasteiger partial charge is 0.435 e. The smallest absolute Gasteiger partial charge is 0.387 e. The fraction of sp³-hybridized carbons (Fsp3) is 0.333. The quantitative estimate of drug-likeness (QED) is 0.802. The van der Waals surface area contributed by atoms with Crippen molar-refractivity contribution in [2.24, 2.45) is 0 Å². The Balaban J connectivity index is 1.68. The lowest BCUT2D eigenvalue weighted by Crippen LogP contribution is -2.44. The van der Waals surface area contributed by atoms with Gasteiger partial charge >= 0.3 is 6.61 Å². The van der Waals surface area contributed by atoms with E-state index in [0.717, 1.165) is 5.56 Å². The van der Waals surface area contributed by atoms with Crippen LogP contribution in [0.2, 0.25) is 0 Å². The Hall–Kier alpha value is -3.00. The lowest BCUT2D eigenvalue weighted by molar-refractivity contribution is -0.120. The minimum Gasteiger partial charge on any atom is -0.435 e. The van der Waals surface area contributed by atoms with E-state index in [-0.39, 0.29) is 36.6 Å². The Labute approximate surface area is 168 Å². The van der Waals surface area contributed by atoms with Crippen molar-refractivity contribution in [3.05, 3.63) is 54.1 Å². The normalized spacial score (nSPS) is 16.4. The molecule has 154 valence electrons. The summed E-state index contributed by atoms with van der Waals surface area (Å²) >= 11 is 0. The van der Waals surface area contributed by atoms with E-state index in [1.807, 2.05) is 30.0 Å². The van der Waals surface area contributed by atoms with Crippen molar-refractivity contribution in [2.45, 2.75) is 32.5 Å². The molecule has 2 amide bonds. The van der Waals surface area contributed by atoms with Crippen molar-refractivity contribution in [3.63, 3.8) is 0 Å². The number of para-hydroxylation sites is 2. The molecule has 0 saturated carbocycles. The molecule has 6 nitrogen and oxygen atoms in total. The van der Waals surface area contributed by atoms with Gasteiger partial charge in [0.05, 0.1) is 17.9 Å². The van der Waals surface area contributed by atoms with Crippen molar-refractivity contribution in [1.29, 1.82) is 0 Å². The van der Waals surface area contributed by atoms with Gasteiger partial charge in [0.15, 0.2) is 0 Å². The highest BCUT2D eigenvalue weighted by Gasteiger charge is 2.29. The molecule has 2 aromatic rings. The van der Waals surface area contributed by atoms with Gasteiger partial charge < -0.3 is 15.0 Å². The molecule has 0 aliphatic carbocycles. The number of alkyl halides is 2. The van der Waals surface area contributed by atoms with Gasteiger partial charge in [-0.25, -0.2) is 0 Å². The lowest BCUT2D eigenvalue weighted by Gasteiger charge is -2.29. The minimum atomic E-state index is -2.86. The maximum Gasteiger partial charge on any atom is 0.387 e. The second-order valence-electron chi connectivity index (χ2n) is 7.08. The van der Waals surface area contributed by atoms with Crippen LogP contribution in [0, 0.1) is 0 Å². The van der Waals surface area contributed by atoms with Gasteiger partial charge in [0.2, 0.25) is 11.8 Å². The number of nitrogens with one attached hydrogen (secondary N) is 1. The SMILES string of the molecule is CC1CC(=O)Nc2ccccc2N1C(=O)CN(C)Cc1ccc(OC(F)F)cc1. The van der Waals surface area contributed by atoms with Crippen molar-refractivity contribution >= 4 is 23.2 Å². The summed E-state index contributed by atoms with van der Waals surface area (Å²) in [6.45, 7) is -0.411. The average Bonchev–Trinajstić information content (AvgIpc) is 2.76. The van der Waals surface area contributed by atoms with Crippen LogP contribution in [0.1, 0.15) is 18.9 Å². The molecule has 0 fully saturated rings. The van der Waals surface area contributed by atoms with Crippen molar-refractivity contribution < 1.29 is 23.1 Å². The topological polar surface area (TPSA) is 61.9 Å². The first-order valence-corrected chi connectivity index (χ1v) is 9.26. The fourth-order valence-electron chi connectivity index (χ4n) is 3.42. The number of hydrogen-bond acceptors (Lipinski definition) is 4. The molecule has 3 rings (SSSR count). The van der Waals surface area contributed by atoms with E-state index in [4.69, 9.17) is 0 Å². The van der Waals surface area contributed by atoms with Gasteiger partial charge in [-0.3, -0.25) is 14.5 Å². The van der Waals surface area contributed by atoms with E-state index in [2.05, 4.69) is 10.1 Å². The Kier molecular flexibility index (Phi) is 6.43. The summed E-state index contributed by atoms with van der Waals surface area (Å²) in [5, 5.41) is 2.84. The minimum absolute atomic E-state index is 0.0923. The van der Waals surface area contributed by atoms with E-state index < -0.39 is 6.61 Å². The summed E-state index contributed by atoms with van der Waals surface area (Å²) in [4.78, 5) is 28.6. The van der Waals surface area contributed by atoms with Gasteiger partial charge in [-0.05, 0) is 43.8 Å². The van der Waals surface area contributed by atoms with Gasteiger partial charge in [-0.2, -0.15) is 8.78 Å². The number of carbonyl (C=O) groups excluding carboxylic acids is 2. The van der Waals surface area contributed by atoms with Crippen LogP contribution in [-0.4, -0.2) is 43.0 Å². The van der Waals surface area contributed by atoms with Crippen LogP contribution in [0.3, 0.4) is 0 Å². The van der Waals surface area contributed by atoms with Gasteiger partial charge in [0.25, 0.3) is 0 Å². The lowest BCUT2D eigenvalue weighted by atomic mass is 10.1. The Morgan fingerprint density at radius 2 is 1.93 bits per heavy atom. The molecular weight excluding hydrogens is 380 g/mol. The van der Waals surface area contributed by atoms with Crippen molar-refractivity contribution in [3.8, 4) is 5.75 Å². The molecular formula is C21H23F2N3O3. The number of amides is 2. The summed E-state index contributed by atoms with van der Waals surface area (Å²) in [6.07, 6.45) is 0.218. The highest BCUT2D eigenvalue weighted by molar-refractivity contribution is 6.04. The Morgan fingerprint density at radius 1 is 1.24 bits per heavy atom. The summed E-state index contributed by atoms with van der Waals surface area (Å²) in [7, 11) is 1.80. The average molecular weight is 403 g/mol. The maximum atomic E-state index is 13.0. The molecule has 1 unspecified atom stereocenters. The van der Waals surface area contributed by atoms with E-state index in [1.54, 1.807) is 30.1 Å². The highest BCUT2D eigenvalue weighted by atomic mass is 19.3. The number of ether oxygens (including phenoxy) is 1. The molecule has 1 heterocycles. The van der Waals surface area contributed by atoms with E-state index >= 15 is 0 Å². The molecule has 1 aliphatic rings. The van der Waals surface area contributed by atoms with E-state index in [9.17, 15) is 18.4 Å². The molecule has 8 heteroatoms. The monoisotopic (exact) mass is 403 g/mol. The predicted octanol–water partition coefficient (Wildman–Crippen LogP) is 3.48. The van der Waals surface area contributed by atoms with Crippen LogP contribution in [0.15, 0.2) is 48.5 Å². The fourth-order valence-corrected chi connectivity index (χ4v) is 3.42. The molecule has 2 aromatic carbocycles. The molecule has 0 saturated heterocycles. The Bertz CT molecular complexity index is 874. The first-order chi connectivity index (χ1) is 13.8. The first-order valence-electron chi connectivity index (χ1n) is 9.26. The number of benzene rings is 2. The van der Waals surface area contributed by atoms with Gasteiger partial charge in [0.1, 0.15) is 5.75 Å². The highest BCUT2D eigenvalue weighted by Crippen LogP contribution is 2.31. The maximum absolute atomic E-state index is 13.0. The number of likely N-dealkylation sites (N-methyl/N-ethyl adjacent to an activating group) is 1.